The van der Waals surface area contributed by atoms with Crippen LogP contribution in [0.25, 0.3) is 0 Å². The first-order chi connectivity index (χ1) is 9.85. The molecule has 3 rings (SSSR count). The van der Waals surface area contributed by atoms with Gasteiger partial charge in [-0.15, -0.1) is 11.8 Å². The van der Waals surface area contributed by atoms with Crippen LogP contribution < -0.4 is 0 Å². The summed E-state index contributed by atoms with van der Waals surface area (Å²) in [5, 5.41) is 1.84. The smallest absolute Gasteiger partial charge is 0.0138 e. The summed E-state index contributed by atoms with van der Waals surface area (Å²) in [7, 11) is 0. The van der Waals surface area contributed by atoms with E-state index in [-0.39, 0.29) is 0 Å². The summed E-state index contributed by atoms with van der Waals surface area (Å²) in [6.07, 6.45) is 3.71. The van der Waals surface area contributed by atoms with Crippen molar-refractivity contribution in [3.8, 4) is 0 Å². The third kappa shape index (κ3) is 3.48. The summed E-state index contributed by atoms with van der Waals surface area (Å²) in [6.45, 7) is 0. The Morgan fingerprint density at radius 2 is 1.80 bits per heavy atom. The molecule has 2 unspecified atom stereocenters. The zero-order chi connectivity index (χ0) is 13.8. The molecule has 0 N–H and O–H groups in total. The maximum atomic E-state index is 3.71. The van der Waals surface area contributed by atoms with Crippen LogP contribution in [0.15, 0.2) is 59.5 Å². The van der Waals surface area contributed by atoms with E-state index in [1.807, 2.05) is 0 Å². The first-order valence-corrected chi connectivity index (χ1v) is 9.19. The predicted octanol–water partition coefficient (Wildman–Crippen LogP) is 5.35. The molecule has 0 bridgehead atoms. The molecule has 0 amide bonds. The number of rotatable bonds is 5. The summed E-state index contributed by atoms with van der Waals surface area (Å²) in [4.78, 5) is 1.49. The predicted molar refractivity (Wildman–Crippen MR) is 91.8 cm³/mol. The zero-order valence-electron chi connectivity index (χ0n) is 11.5. The van der Waals surface area contributed by atoms with Crippen molar-refractivity contribution in [3.05, 3.63) is 65.7 Å². The van der Waals surface area contributed by atoms with Crippen molar-refractivity contribution < 1.29 is 0 Å². The van der Waals surface area contributed by atoms with Crippen LogP contribution in [0.3, 0.4) is 0 Å². The molecule has 0 nitrogen and oxygen atoms in total. The van der Waals surface area contributed by atoms with Gasteiger partial charge >= 0.3 is 0 Å². The van der Waals surface area contributed by atoms with Crippen molar-refractivity contribution in [2.75, 3.05) is 5.33 Å². The van der Waals surface area contributed by atoms with Gasteiger partial charge in [0.15, 0.2) is 0 Å². The number of fused-ring (bicyclic) bond motifs is 1. The summed E-state index contributed by atoms with van der Waals surface area (Å²) >= 11 is 5.78. The molecule has 1 heterocycles. The first-order valence-electron chi connectivity index (χ1n) is 7.19. The second-order valence-corrected chi connectivity index (χ2v) is 7.49. The number of benzene rings is 2. The van der Waals surface area contributed by atoms with E-state index in [9.17, 15) is 0 Å². The number of hydrogen-bond donors (Lipinski definition) is 0. The van der Waals surface area contributed by atoms with E-state index < -0.39 is 0 Å². The quantitative estimate of drug-likeness (QED) is 0.657. The summed E-state index contributed by atoms with van der Waals surface area (Å²) in [6, 6.07) is 19.7. The average Bonchev–Trinajstić information content (AvgIpc) is 2.90. The van der Waals surface area contributed by atoms with Gasteiger partial charge in [0.05, 0.1) is 0 Å². The number of thioether (sulfide) groups is 1. The lowest BCUT2D eigenvalue weighted by atomic mass is 9.94. The van der Waals surface area contributed by atoms with Gasteiger partial charge in [0.2, 0.25) is 0 Å². The summed E-state index contributed by atoms with van der Waals surface area (Å²) < 4.78 is 0. The Bertz CT molecular complexity index is 527. The van der Waals surface area contributed by atoms with Crippen LogP contribution in [-0.2, 0) is 12.8 Å². The summed E-state index contributed by atoms with van der Waals surface area (Å²) in [5.74, 6) is 0.726. The van der Waals surface area contributed by atoms with Crippen LogP contribution in [0.2, 0.25) is 0 Å². The molecule has 0 saturated heterocycles. The van der Waals surface area contributed by atoms with E-state index >= 15 is 0 Å². The molecule has 0 radical (unpaired) electrons. The average molecular weight is 347 g/mol. The lowest BCUT2D eigenvalue weighted by Gasteiger charge is -2.18. The number of alkyl halides is 1. The van der Waals surface area contributed by atoms with Crippen molar-refractivity contribution in [2.24, 2.45) is 5.92 Å². The van der Waals surface area contributed by atoms with E-state index in [0.717, 1.165) is 16.5 Å². The molecule has 0 spiro atoms. The molecule has 2 heteroatoms. The Morgan fingerprint density at radius 3 is 2.55 bits per heavy atom. The van der Waals surface area contributed by atoms with Crippen molar-refractivity contribution in [2.45, 2.75) is 29.4 Å². The van der Waals surface area contributed by atoms with E-state index in [1.165, 1.54) is 35.3 Å². The topological polar surface area (TPSA) is 0 Å². The largest absolute Gasteiger partial charge is 0.122 e. The Balaban J connectivity index is 1.60. The minimum absolute atomic E-state index is 0.726. The van der Waals surface area contributed by atoms with Gasteiger partial charge in [-0.05, 0) is 42.4 Å². The minimum Gasteiger partial charge on any atom is -0.122 e. The SMILES string of the molecule is BrCC(Cc1ccccc1)CC1Cc2ccccc2S1. The molecule has 1 aliphatic heterocycles. The molecule has 0 aromatic heterocycles. The van der Waals surface area contributed by atoms with Crippen LogP contribution >= 0.6 is 27.7 Å². The molecule has 0 aliphatic carbocycles. The van der Waals surface area contributed by atoms with Crippen molar-refractivity contribution in [1.29, 1.82) is 0 Å². The van der Waals surface area contributed by atoms with E-state index in [1.54, 1.807) is 0 Å². The standard InChI is InChI=1S/C18H19BrS/c19-13-15(10-14-6-2-1-3-7-14)11-17-12-16-8-4-5-9-18(16)20-17/h1-9,15,17H,10-13H2. The second kappa shape index (κ2) is 6.82. The van der Waals surface area contributed by atoms with Crippen molar-refractivity contribution in [1.82, 2.24) is 0 Å². The highest BCUT2D eigenvalue weighted by Gasteiger charge is 2.24. The van der Waals surface area contributed by atoms with Crippen molar-refractivity contribution >= 4 is 27.7 Å². The molecule has 2 aromatic rings. The maximum absolute atomic E-state index is 3.71. The van der Waals surface area contributed by atoms with Crippen molar-refractivity contribution in [3.63, 3.8) is 0 Å². The second-order valence-electron chi connectivity index (χ2n) is 5.50. The normalized spacial score (nSPS) is 18.8. The highest BCUT2D eigenvalue weighted by molar-refractivity contribution is 9.09. The Labute approximate surface area is 134 Å². The summed E-state index contributed by atoms with van der Waals surface area (Å²) in [5.41, 5.74) is 2.99. The molecule has 2 atom stereocenters. The highest BCUT2D eigenvalue weighted by Crippen LogP contribution is 2.40. The van der Waals surface area contributed by atoms with Crippen LogP contribution in [0.4, 0.5) is 0 Å². The first kappa shape index (κ1) is 14.2. The van der Waals surface area contributed by atoms with Crippen LogP contribution in [0, 0.1) is 5.92 Å². The maximum Gasteiger partial charge on any atom is 0.0138 e. The van der Waals surface area contributed by atoms with Crippen LogP contribution in [-0.4, -0.2) is 10.6 Å². The Morgan fingerprint density at radius 1 is 1.05 bits per heavy atom. The molecule has 1 aliphatic rings. The minimum atomic E-state index is 0.726. The van der Waals surface area contributed by atoms with E-state index in [4.69, 9.17) is 0 Å². The van der Waals surface area contributed by atoms with Gasteiger partial charge in [-0.2, -0.15) is 0 Å². The van der Waals surface area contributed by atoms with Gasteiger partial charge in [-0.25, -0.2) is 0 Å². The molecular weight excluding hydrogens is 328 g/mol. The molecule has 104 valence electrons. The molecule has 2 aromatic carbocycles. The highest BCUT2D eigenvalue weighted by atomic mass is 79.9. The molecule has 20 heavy (non-hydrogen) atoms. The third-order valence-corrected chi connectivity index (χ3v) is 6.16. The van der Waals surface area contributed by atoms with Crippen LogP contribution in [0.5, 0.6) is 0 Å². The lowest BCUT2D eigenvalue weighted by molar-refractivity contribution is 0.530. The lowest BCUT2D eigenvalue weighted by Crippen LogP contribution is -2.14. The van der Waals surface area contributed by atoms with Gasteiger partial charge in [0.25, 0.3) is 0 Å². The molecule has 0 fully saturated rings. The third-order valence-electron chi connectivity index (χ3n) is 3.90. The molecule has 0 saturated carbocycles. The number of hydrogen-bond acceptors (Lipinski definition) is 1. The fourth-order valence-corrected chi connectivity index (χ4v) is 4.85. The van der Waals surface area contributed by atoms with Gasteiger partial charge < -0.3 is 0 Å². The zero-order valence-corrected chi connectivity index (χ0v) is 13.9. The Hall–Kier alpha value is -0.730. The fourth-order valence-electron chi connectivity index (χ4n) is 2.91. The Kier molecular flexibility index (Phi) is 4.85. The fraction of sp³-hybridized carbons (Fsp3) is 0.333. The molecular formula is C18H19BrS. The number of halogens is 1. The van der Waals surface area contributed by atoms with Gasteiger partial charge in [0.1, 0.15) is 0 Å². The van der Waals surface area contributed by atoms with E-state index in [2.05, 4.69) is 82.3 Å². The van der Waals surface area contributed by atoms with Crippen LogP contribution in [0.1, 0.15) is 17.5 Å². The van der Waals surface area contributed by atoms with Gasteiger partial charge in [-0.1, -0.05) is 64.5 Å². The van der Waals surface area contributed by atoms with Gasteiger partial charge in [0, 0.05) is 15.5 Å². The van der Waals surface area contributed by atoms with E-state index in [0.29, 0.717) is 0 Å². The monoisotopic (exact) mass is 346 g/mol. The van der Waals surface area contributed by atoms with Gasteiger partial charge in [-0.3, -0.25) is 0 Å².